The zero-order valence-corrected chi connectivity index (χ0v) is 18.0. The van der Waals surface area contributed by atoms with E-state index in [4.69, 9.17) is 4.74 Å². The summed E-state index contributed by atoms with van der Waals surface area (Å²) in [5.41, 5.74) is 0.273. The third-order valence-corrected chi connectivity index (χ3v) is 5.59. The largest absolute Gasteiger partial charge is 0.492 e. The molecule has 1 N–H and O–H groups in total. The Hall–Kier alpha value is -3.21. The zero-order valence-electron chi connectivity index (χ0n) is 17.2. The summed E-state index contributed by atoms with van der Waals surface area (Å²) in [7, 11) is -3.70. The number of halogens is 1. The summed E-state index contributed by atoms with van der Waals surface area (Å²) in [5.74, 6) is -0.178. The van der Waals surface area contributed by atoms with Crippen LogP contribution in [-0.2, 0) is 14.8 Å². The van der Waals surface area contributed by atoms with E-state index in [9.17, 15) is 27.7 Å². The topological polar surface area (TPSA) is 119 Å². The van der Waals surface area contributed by atoms with E-state index in [-0.39, 0.29) is 61.2 Å². The molecule has 31 heavy (non-hydrogen) atoms. The third kappa shape index (κ3) is 7.21. The Balaban J connectivity index is 1.86. The average Bonchev–Trinajstić information content (AvgIpc) is 2.69. The number of anilines is 1. The van der Waals surface area contributed by atoms with Gasteiger partial charge in [-0.3, -0.25) is 19.2 Å². The lowest BCUT2D eigenvalue weighted by Crippen LogP contribution is -2.33. The first kappa shape index (κ1) is 24.1. The van der Waals surface area contributed by atoms with E-state index in [1.807, 2.05) is 0 Å². The number of nitrogens with one attached hydrogen (secondary N) is 1. The maximum atomic E-state index is 12.8. The summed E-state index contributed by atoms with van der Waals surface area (Å²) in [6.07, 6.45) is 1.30. The minimum absolute atomic E-state index is 0.000338. The lowest BCUT2D eigenvalue weighted by Gasteiger charge is -2.24. The number of nitro groups is 1. The van der Waals surface area contributed by atoms with Crippen molar-refractivity contribution in [3.05, 3.63) is 64.0 Å². The highest BCUT2D eigenvalue weighted by Gasteiger charge is 2.23. The third-order valence-electron chi connectivity index (χ3n) is 4.41. The second kappa shape index (κ2) is 10.7. The number of benzene rings is 2. The summed E-state index contributed by atoms with van der Waals surface area (Å²) < 4.78 is 43.7. The quantitative estimate of drug-likeness (QED) is 0.317. The van der Waals surface area contributed by atoms with Gasteiger partial charge in [-0.25, -0.2) is 12.8 Å². The van der Waals surface area contributed by atoms with Crippen LogP contribution >= 0.6 is 0 Å². The second-order valence-corrected chi connectivity index (χ2v) is 8.68. The Morgan fingerprint density at radius 3 is 2.52 bits per heavy atom. The Bertz CT molecular complexity index is 1030. The van der Waals surface area contributed by atoms with Gasteiger partial charge in [-0.05, 0) is 43.7 Å². The number of ether oxygens (including phenoxy) is 1. The van der Waals surface area contributed by atoms with Gasteiger partial charge >= 0.3 is 0 Å². The average molecular weight is 453 g/mol. The van der Waals surface area contributed by atoms with Gasteiger partial charge in [0, 0.05) is 19.0 Å². The van der Waals surface area contributed by atoms with E-state index in [1.165, 1.54) is 49.4 Å². The lowest BCUT2D eigenvalue weighted by molar-refractivity contribution is -0.385. The van der Waals surface area contributed by atoms with Crippen molar-refractivity contribution in [1.82, 2.24) is 5.32 Å². The molecule has 0 aromatic heterocycles. The molecule has 0 heterocycles. The molecule has 0 atom stereocenters. The van der Waals surface area contributed by atoms with Crippen molar-refractivity contribution < 1.29 is 27.3 Å². The fourth-order valence-electron chi connectivity index (χ4n) is 2.91. The standard InChI is InChI=1S/C20H24FN3O6S/c1-15-18(5-3-6-19(15)24(26)27)23(31(2,28)29)13-4-7-20(25)22-12-14-30-17-10-8-16(21)9-11-17/h3,5-6,8-11H,4,7,12-14H2,1-2H3,(H,22,25). The van der Waals surface area contributed by atoms with Crippen molar-refractivity contribution >= 4 is 27.3 Å². The molecule has 0 aliphatic rings. The predicted octanol–water partition coefficient (Wildman–Crippen LogP) is 2.78. The summed E-state index contributed by atoms with van der Waals surface area (Å²) in [6.45, 7) is 1.91. The highest BCUT2D eigenvalue weighted by Crippen LogP contribution is 2.29. The molecule has 0 unspecified atom stereocenters. The van der Waals surface area contributed by atoms with E-state index in [2.05, 4.69) is 5.32 Å². The molecule has 0 fully saturated rings. The number of hydrogen-bond donors (Lipinski definition) is 1. The second-order valence-electron chi connectivity index (χ2n) is 6.77. The fraction of sp³-hybridized carbons (Fsp3) is 0.350. The Morgan fingerprint density at radius 1 is 1.23 bits per heavy atom. The van der Waals surface area contributed by atoms with Crippen LogP contribution in [-0.4, -0.2) is 45.2 Å². The van der Waals surface area contributed by atoms with Crippen molar-refractivity contribution in [3.8, 4) is 5.75 Å². The van der Waals surface area contributed by atoms with Gasteiger partial charge in [0.05, 0.1) is 29.0 Å². The van der Waals surface area contributed by atoms with Crippen LogP contribution in [0.25, 0.3) is 0 Å². The van der Waals surface area contributed by atoms with Crippen LogP contribution < -0.4 is 14.4 Å². The normalized spacial score (nSPS) is 11.1. The maximum absolute atomic E-state index is 12.8. The van der Waals surface area contributed by atoms with Crippen LogP contribution in [0.5, 0.6) is 5.75 Å². The molecule has 2 aromatic carbocycles. The molecule has 0 aliphatic heterocycles. The molecule has 1 amide bonds. The minimum atomic E-state index is -3.70. The highest BCUT2D eigenvalue weighted by molar-refractivity contribution is 7.92. The minimum Gasteiger partial charge on any atom is -0.492 e. The monoisotopic (exact) mass is 453 g/mol. The number of carbonyl (C=O) groups excluding carboxylic acids is 1. The van der Waals surface area contributed by atoms with Gasteiger partial charge in [-0.1, -0.05) is 6.07 Å². The van der Waals surface area contributed by atoms with Gasteiger partial charge in [-0.2, -0.15) is 0 Å². The first-order chi connectivity index (χ1) is 14.6. The molecule has 11 heteroatoms. The molecule has 2 rings (SSSR count). The molecule has 0 saturated heterocycles. The fourth-order valence-corrected chi connectivity index (χ4v) is 3.92. The van der Waals surface area contributed by atoms with Crippen molar-refractivity contribution in [2.45, 2.75) is 19.8 Å². The Morgan fingerprint density at radius 2 is 1.90 bits per heavy atom. The molecule has 2 aromatic rings. The molecule has 0 saturated carbocycles. The number of nitrogens with zero attached hydrogens (tertiary/aromatic N) is 2. The number of sulfonamides is 1. The van der Waals surface area contributed by atoms with E-state index < -0.39 is 14.9 Å². The van der Waals surface area contributed by atoms with Gasteiger partial charge in [0.2, 0.25) is 15.9 Å². The zero-order chi connectivity index (χ0) is 23.0. The van der Waals surface area contributed by atoms with Gasteiger partial charge in [-0.15, -0.1) is 0 Å². The van der Waals surface area contributed by atoms with E-state index in [1.54, 1.807) is 0 Å². The Kier molecular flexibility index (Phi) is 8.31. The first-order valence-corrected chi connectivity index (χ1v) is 11.3. The van der Waals surface area contributed by atoms with Gasteiger partial charge in [0.25, 0.3) is 5.69 Å². The summed E-state index contributed by atoms with van der Waals surface area (Å²) in [5, 5.41) is 13.8. The van der Waals surface area contributed by atoms with Gasteiger partial charge < -0.3 is 10.1 Å². The van der Waals surface area contributed by atoms with Crippen molar-refractivity contribution in [2.24, 2.45) is 0 Å². The van der Waals surface area contributed by atoms with Crippen LogP contribution in [0.15, 0.2) is 42.5 Å². The predicted molar refractivity (Wildman–Crippen MR) is 114 cm³/mol. The summed E-state index contributed by atoms with van der Waals surface area (Å²) >= 11 is 0. The molecule has 0 bridgehead atoms. The van der Waals surface area contributed by atoms with E-state index in [0.717, 1.165) is 10.6 Å². The van der Waals surface area contributed by atoms with Crippen LogP contribution in [0.2, 0.25) is 0 Å². The number of carbonyl (C=O) groups is 1. The van der Waals surface area contributed by atoms with Crippen LogP contribution in [0, 0.1) is 22.9 Å². The molecule has 0 radical (unpaired) electrons. The number of amides is 1. The summed E-state index contributed by atoms with van der Waals surface area (Å²) in [4.78, 5) is 22.6. The number of rotatable bonds is 11. The van der Waals surface area contributed by atoms with Crippen LogP contribution in [0.4, 0.5) is 15.8 Å². The Labute approximate surface area is 180 Å². The SMILES string of the molecule is Cc1c(N(CCCC(=O)NCCOc2ccc(F)cc2)S(C)(=O)=O)cccc1[N+](=O)[O-]. The smallest absolute Gasteiger partial charge is 0.274 e. The molecule has 0 spiro atoms. The van der Waals surface area contributed by atoms with Crippen molar-refractivity contribution in [1.29, 1.82) is 0 Å². The van der Waals surface area contributed by atoms with Crippen molar-refractivity contribution in [3.63, 3.8) is 0 Å². The maximum Gasteiger partial charge on any atom is 0.274 e. The van der Waals surface area contributed by atoms with Crippen LogP contribution in [0.3, 0.4) is 0 Å². The van der Waals surface area contributed by atoms with Crippen molar-refractivity contribution in [2.75, 3.05) is 30.3 Å². The molecular formula is C20H24FN3O6S. The molecular weight excluding hydrogens is 429 g/mol. The lowest BCUT2D eigenvalue weighted by atomic mass is 10.1. The van der Waals surface area contributed by atoms with E-state index in [0.29, 0.717) is 5.75 Å². The van der Waals surface area contributed by atoms with Gasteiger partial charge in [0.15, 0.2) is 0 Å². The van der Waals surface area contributed by atoms with Gasteiger partial charge in [0.1, 0.15) is 18.2 Å². The highest BCUT2D eigenvalue weighted by atomic mass is 32.2. The summed E-state index contributed by atoms with van der Waals surface area (Å²) in [6, 6.07) is 9.72. The molecule has 168 valence electrons. The van der Waals surface area contributed by atoms with Crippen LogP contribution in [0.1, 0.15) is 18.4 Å². The van der Waals surface area contributed by atoms with E-state index >= 15 is 0 Å². The first-order valence-electron chi connectivity index (χ1n) is 9.46. The number of nitro benzene ring substituents is 1. The number of hydrogen-bond acceptors (Lipinski definition) is 6. The molecule has 0 aliphatic carbocycles. The molecule has 9 nitrogen and oxygen atoms in total.